The van der Waals surface area contributed by atoms with Crippen LogP contribution in [-0.2, 0) is 11.2 Å². The fourth-order valence-corrected chi connectivity index (χ4v) is 2.88. The zero-order valence-corrected chi connectivity index (χ0v) is 15.1. The van der Waals surface area contributed by atoms with Gasteiger partial charge in [-0.25, -0.2) is 0 Å². The summed E-state index contributed by atoms with van der Waals surface area (Å²) in [5.74, 6) is 1.22. The van der Waals surface area contributed by atoms with Crippen molar-refractivity contribution in [1.29, 1.82) is 0 Å². The predicted molar refractivity (Wildman–Crippen MR) is 100.0 cm³/mol. The molecular formula is C19H19ClN2O3. The first-order chi connectivity index (χ1) is 12.0. The van der Waals surface area contributed by atoms with E-state index in [1.807, 2.05) is 24.4 Å². The average Bonchev–Trinajstić information content (AvgIpc) is 3.02. The fraction of sp³-hybridized carbons (Fsp3) is 0.211. The Labute approximate surface area is 151 Å². The van der Waals surface area contributed by atoms with Gasteiger partial charge in [-0.1, -0.05) is 11.6 Å². The molecule has 3 aromatic rings. The predicted octanol–water partition coefficient (Wildman–Crippen LogP) is 4.04. The summed E-state index contributed by atoms with van der Waals surface area (Å²) in [4.78, 5) is 17.5. The number of nitrogens with zero attached hydrogens (tertiary/aromatic N) is 1. The molecule has 0 fully saturated rings. The number of carbonyl (C=O) groups is 1. The normalized spacial score (nSPS) is 10.7. The molecule has 1 heterocycles. The largest absolute Gasteiger partial charge is 0.497 e. The van der Waals surface area contributed by atoms with Gasteiger partial charge in [-0.2, -0.15) is 0 Å². The number of amides is 1. The lowest BCUT2D eigenvalue weighted by Gasteiger charge is -2.19. The first kappa shape index (κ1) is 17.2. The molecule has 2 aromatic carbocycles. The highest BCUT2D eigenvalue weighted by atomic mass is 35.5. The highest BCUT2D eigenvalue weighted by Crippen LogP contribution is 2.29. The van der Waals surface area contributed by atoms with Crippen LogP contribution in [0, 0.1) is 0 Å². The third-order valence-electron chi connectivity index (χ3n) is 4.17. The van der Waals surface area contributed by atoms with E-state index >= 15 is 0 Å². The van der Waals surface area contributed by atoms with Crippen LogP contribution in [0.4, 0.5) is 5.69 Å². The molecule has 0 aliphatic carbocycles. The van der Waals surface area contributed by atoms with Gasteiger partial charge in [0.15, 0.2) is 0 Å². The van der Waals surface area contributed by atoms with E-state index in [0.29, 0.717) is 22.2 Å². The number of ether oxygens (including phenoxy) is 2. The summed E-state index contributed by atoms with van der Waals surface area (Å²) in [6, 6.07) is 11.0. The van der Waals surface area contributed by atoms with Crippen LogP contribution in [0.1, 0.15) is 5.56 Å². The summed E-state index contributed by atoms with van der Waals surface area (Å²) in [6.07, 6.45) is 2.11. The van der Waals surface area contributed by atoms with Crippen LogP contribution in [0.15, 0.2) is 42.6 Å². The van der Waals surface area contributed by atoms with Gasteiger partial charge >= 0.3 is 0 Å². The van der Waals surface area contributed by atoms with Gasteiger partial charge in [0.2, 0.25) is 5.91 Å². The van der Waals surface area contributed by atoms with Crippen molar-refractivity contribution in [3.8, 4) is 11.5 Å². The Balaban J connectivity index is 1.86. The van der Waals surface area contributed by atoms with Crippen LogP contribution in [0.5, 0.6) is 11.5 Å². The monoisotopic (exact) mass is 358 g/mol. The molecule has 0 bridgehead atoms. The van der Waals surface area contributed by atoms with Crippen molar-refractivity contribution in [2.24, 2.45) is 0 Å². The molecule has 0 atom stereocenters. The number of hydrogen-bond donors (Lipinski definition) is 1. The quantitative estimate of drug-likeness (QED) is 0.748. The van der Waals surface area contributed by atoms with Gasteiger partial charge < -0.3 is 19.4 Å². The Morgan fingerprint density at radius 1 is 1.12 bits per heavy atom. The van der Waals surface area contributed by atoms with Crippen LogP contribution in [0.2, 0.25) is 5.02 Å². The van der Waals surface area contributed by atoms with Crippen molar-refractivity contribution in [3.63, 3.8) is 0 Å². The molecule has 0 aliphatic rings. The number of aromatic nitrogens is 1. The number of carbonyl (C=O) groups excluding carboxylic acids is 1. The number of likely N-dealkylation sites (N-methyl/N-ethyl adjacent to an activating group) is 1. The van der Waals surface area contributed by atoms with Gasteiger partial charge in [-0.3, -0.25) is 4.79 Å². The molecule has 5 nitrogen and oxygen atoms in total. The van der Waals surface area contributed by atoms with Crippen molar-refractivity contribution in [2.75, 3.05) is 26.2 Å². The highest BCUT2D eigenvalue weighted by molar-refractivity contribution is 6.31. The maximum absolute atomic E-state index is 12.7. The number of halogens is 1. The number of methoxy groups -OCH3 is 2. The van der Waals surface area contributed by atoms with Gasteiger partial charge in [-0.05, 0) is 23.8 Å². The summed E-state index contributed by atoms with van der Waals surface area (Å²) in [6.45, 7) is 0. The zero-order valence-electron chi connectivity index (χ0n) is 14.3. The van der Waals surface area contributed by atoms with E-state index in [4.69, 9.17) is 21.1 Å². The second-order valence-corrected chi connectivity index (χ2v) is 6.14. The standard InChI is InChI=1S/C19H19ClN2O3/c1-22(14-8-15(24-2)10-16(9-14)25-3)19(23)6-12-11-21-18-5-4-13(20)7-17(12)18/h4-5,7-11,21H,6H2,1-3H3. The van der Waals surface area contributed by atoms with Crippen molar-refractivity contribution < 1.29 is 14.3 Å². The molecule has 1 amide bonds. The van der Waals surface area contributed by atoms with Crippen molar-refractivity contribution in [2.45, 2.75) is 6.42 Å². The topological polar surface area (TPSA) is 54.6 Å². The Kier molecular flexibility index (Phi) is 4.86. The molecule has 0 saturated heterocycles. The number of nitrogens with one attached hydrogen (secondary N) is 1. The van der Waals surface area contributed by atoms with E-state index in [1.54, 1.807) is 44.4 Å². The van der Waals surface area contributed by atoms with Crippen LogP contribution < -0.4 is 14.4 Å². The molecule has 0 saturated carbocycles. The number of hydrogen-bond acceptors (Lipinski definition) is 3. The van der Waals surface area contributed by atoms with E-state index < -0.39 is 0 Å². The third-order valence-corrected chi connectivity index (χ3v) is 4.40. The van der Waals surface area contributed by atoms with Gasteiger partial charge in [0, 0.05) is 47.4 Å². The van der Waals surface area contributed by atoms with E-state index in [1.165, 1.54) is 0 Å². The molecule has 130 valence electrons. The Morgan fingerprint density at radius 3 is 2.44 bits per heavy atom. The lowest BCUT2D eigenvalue weighted by Crippen LogP contribution is -2.27. The highest BCUT2D eigenvalue weighted by Gasteiger charge is 2.16. The number of rotatable bonds is 5. The van der Waals surface area contributed by atoms with Crippen molar-refractivity contribution >= 4 is 34.1 Å². The molecule has 1 N–H and O–H groups in total. The smallest absolute Gasteiger partial charge is 0.231 e. The second-order valence-electron chi connectivity index (χ2n) is 5.70. The maximum atomic E-state index is 12.7. The molecule has 0 aliphatic heterocycles. The van der Waals surface area contributed by atoms with Crippen molar-refractivity contribution in [1.82, 2.24) is 4.98 Å². The summed E-state index contributed by atoms with van der Waals surface area (Å²) in [7, 11) is 4.89. The minimum atomic E-state index is -0.0452. The van der Waals surface area contributed by atoms with Crippen LogP contribution in [-0.4, -0.2) is 32.2 Å². The summed E-state index contributed by atoms with van der Waals surface area (Å²) < 4.78 is 10.5. The molecule has 0 unspecified atom stereocenters. The van der Waals surface area contributed by atoms with E-state index in [9.17, 15) is 4.79 Å². The molecule has 0 spiro atoms. The molecule has 1 aromatic heterocycles. The minimum absolute atomic E-state index is 0.0452. The Hall–Kier alpha value is -2.66. The van der Waals surface area contributed by atoms with Crippen LogP contribution in [0.3, 0.4) is 0 Å². The SMILES string of the molecule is COc1cc(OC)cc(N(C)C(=O)Cc2c[nH]c3ccc(Cl)cc23)c1. The summed E-state index contributed by atoms with van der Waals surface area (Å²) in [5.41, 5.74) is 2.57. The molecule has 6 heteroatoms. The number of benzene rings is 2. The fourth-order valence-electron chi connectivity index (χ4n) is 2.71. The number of fused-ring (bicyclic) bond motifs is 1. The zero-order chi connectivity index (χ0) is 18.0. The summed E-state index contributed by atoms with van der Waals surface area (Å²) >= 11 is 6.07. The van der Waals surface area contributed by atoms with E-state index in [0.717, 1.165) is 16.5 Å². The average molecular weight is 359 g/mol. The van der Waals surface area contributed by atoms with Gasteiger partial charge in [0.05, 0.1) is 26.3 Å². The molecule has 3 rings (SSSR count). The third kappa shape index (κ3) is 3.56. The van der Waals surface area contributed by atoms with Crippen LogP contribution >= 0.6 is 11.6 Å². The molecule has 0 radical (unpaired) electrons. The van der Waals surface area contributed by atoms with Crippen molar-refractivity contribution in [3.05, 3.63) is 53.2 Å². The van der Waals surface area contributed by atoms with Gasteiger partial charge in [0.25, 0.3) is 0 Å². The van der Waals surface area contributed by atoms with Gasteiger partial charge in [0.1, 0.15) is 11.5 Å². The van der Waals surface area contributed by atoms with E-state index in [2.05, 4.69) is 4.98 Å². The molecular weight excluding hydrogens is 340 g/mol. The Morgan fingerprint density at radius 2 is 1.80 bits per heavy atom. The lowest BCUT2D eigenvalue weighted by molar-refractivity contribution is -0.117. The lowest BCUT2D eigenvalue weighted by atomic mass is 10.1. The minimum Gasteiger partial charge on any atom is -0.497 e. The van der Waals surface area contributed by atoms with Crippen LogP contribution in [0.25, 0.3) is 10.9 Å². The molecule has 25 heavy (non-hydrogen) atoms. The Bertz CT molecular complexity index is 898. The maximum Gasteiger partial charge on any atom is 0.231 e. The number of anilines is 1. The second kappa shape index (κ2) is 7.07. The number of H-pyrrole nitrogens is 1. The number of aromatic amines is 1. The van der Waals surface area contributed by atoms with E-state index in [-0.39, 0.29) is 12.3 Å². The summed E-state index contributed by atoms with van der Waals surface area (Å²) in [5, 5.41) is 1.60. The first-order valence-corrected chi connectivity index (χ1v) is 8.14. The first-order valence-electron chi connectivity index (χ1n) is 7.77. The van der Waals surface area contributed by atoms with Gasteiger partial charge in [-0.15, -0.1) is 0 Å².